The van der Waals surface area contributed by atoms with E-state index in [9.17, 15) is 13.2 Å². The third-order valence-electron chi connectivity index (χ3n) is 5.21. The van der Waals surface area contributed by atoms with Crippen molar-refractivity contribution in [1.82, 2.24) is 0 Å². The molecule has 1 heterocycles. The topological polar surface area (TPSA) is 75.7 Å². The molecular weight excluding hydrogens is 400 g/mol. The number of esters is 1. The number of nitrogens with one attached hydrogen (secondary N) is 1. The van der Waals surface area contributed by atoms with Crippen LogP contribution < -0.4 is 9.62 Å². The van der Waals surface area contributed by atoms with Gasteiger partial charge < -0.3 is 10.1 Å². The molecule has 3 aromatic rings. The minimum absolute atomic E-state index is 0.167. The summed E-state index contributed by atoms with van der Waals surface area (Å²) in [4.78, 5) is 12.5. The molecule has 0 saturated carbocycles. The standard InChI is InChI=1S/C23H24N2O4S/c1-2-29-23(26)16-25(19-12-13-21-18(15-19)9-6-14-24-21)30(27,28)22-11-5-8-17-7-3-4-10-20(17)22/h3-5,7-8,10-13,15,24H,2,6,9,14,16H2,1H3. The lowest BCUT2D eigenvalue weighted by Gasteiger charge is -2.26. The molecule has 1 N–H and O–H groups in total. The van der Waals surface area contributed by atoms with Gasteiger partial charge in [-0.2, -0.15) is 0 Å². The van der Waals surface area contributed by atoms with Crippen LogP contribution in [0.1, 0.15) is 18.9 Å². The highest BCUT2D eigenvalue weighted by Crippen LogP contribution is 2.32. The average molecular weight is 425 g/mol. The Labute approximate surface area is 176 Å². The first kappa shape index (κ1) is 20.2. The monoisotopic (exact) mass is 424 g/mol. The number of anilines is 2. The van der Waals surface area contributed by atoms with Crippen molar-refractivity contribution in [2.24, 2.45) is 0 Å². The van der Waals surface area contributed by atoms with E-state index < -0.39 is 16.0 Å². The van der Waals surface area contributed by atoms with Crippen LogP contribution in [0.2, 0.25) is 0 Å². The molecule has 0 aromatic heterocycles. The van der Waals surface area contributed by atoms with E-state index >= 15 is 0 Å². The summed E-state index contributed by atoms with van der Waals surface area (Å²) < 4.78 is 33.7. The number of rotatable bonds is 6. The second-order valence-electron chi connectivity index (χ2n) is 7.17. The van der Waals surface area contributed by atoms with Gasteiger partial charge in [-0.25, -0.2) is 8.42 Å². The Hall–Kier alpha value is -3.06. The van der Waals surface area contributed by atoms with Gasteiger partial charge in [0.1, 0.15) is 6.54 Å². The van der Waals surface area contributed by atoms with E-state index in [1.807, 2.05) is 36.4 Å². The number of nitrogens with zero attached hydrogens (tertiary/aromatic N) is 1. The SMILES string of the molecule is CCOC(=O)CN(c1ccc2c(c1)CCCN2)S(=O)(=O)c1cccc2ccccc12. The molecule has 0 amide bonds. The van der Waals surface area contributed by atoms with Gasteiger partial charge in [-0.3, -0.25) is 9.10 Å². The first-order valence-electron chi connectivity index (χ1n) is 10.0. The van der Waals surface area contributed by atoms with Crippen molar-refractivity contribution in [3.8, 4) is 0 Å². The van der Waals surface area contributed by atoms with Crippen LogP contribution in [0.25, 0.3) is 10.8 Å². The molecule has 0 bridgehead atoms. The Morgan fingerprint density at radius 3 is 2.73 bits per heavy atom. The fraction of sp³-hybridized carbons (Fsp3) is 0.261. The fourth-order valence-electron chi connectivity index (χ4n) is 3.79. The highest BCUT2D eigenvalue weighted by atomic mass is 32.2. The van der Waals surface area contributed by atoms with Crippen LogP contribution in [0.15, 0.2) is 65.6 Å². The summed E-state index contributed by atoms with van der Waals surface area (Å²) in [5.74, 6) is -0.586. The molecule has 4 rings (SSSR count). The normalized spacial score (nSPS) is 13.4. The van der Waals surface area contributed by atoms with Gasteiger partial charge in [-0.15, -0.1) is 0 Å². The molecule has 0 fully saturated rings. The zero-order valence-electron chi connectivity index (χ0n) is 16.8. The third kappa shape index (κ3) is 3.85. The van der Waals surface area contributed by atoms with E-state index in [4.69, 9.17) is 4.74 Å². The second-order valence-corrected chi connectivity index (χ2v) is 9.00. The van der Waals surface area contributed by atoms with Gasteiger partial charge in [0.15, 0.2) is 0 Å². The zero-order valence-corrected chi connectivity index (χ0v) is 17.6. The molecular formula is C23H24N2O4S. The second kappa shape index (κ2) is 8.36. The Balaban J connectivity index is 1.83. The molecule has 3 aromatic carbocycles. The lowest BCUT2D eigenvalue weighted by molar-refractivity contribution is -0.141. The van der Waals surface area contributed by atoms with Crippen LogP contribution in [0.5, 0.6) is 0 Å². The summed E-state index contributed by atoms with van der Waals surface area (Å²) in [6.45, 7) is 2.40. The fourth-order valence-corrected chi connectivity index (χ4v) is 5.41. The van der Waals surface area contributed by atoms with Crippen molar-refractivity contribution >= 4 is 38.1 Å². The van der Waals surface area contributed by atoms with E-state index in [0.717, 1.165) is 40.3 Å². The number of ether oxygens (including phenoxy) is 1. The quantitative estimate of drug-likeness (QED) is 0.606. The lowest BCUT2D eigenvalue weighted by Crippen LogP contribution is -2.37. The highest BCUT2D eigenvalue weighted by molar-refractivity contribution is 7.93. The molecule has 0 unspecified atom stereocenters. The van der Waals surface area contributed by atoms with E-state index in [-0.39, 0.29) is 18.0 Å². The maximum Gasteiger partial charge on any atom is 0.326 e. The number of aryl methyl sites for hydroxylation is 1. The summed E-state index contributed by atoms with van der Waals surface area (Å²) in [5.41, 5.74) is 2.50. The first-order valence-corrected chi connectivity index (χ1v) is 11.5. The zero-order chi connectivity index (χ0) is 21.1. The van der Waals surface area contributed by atoms with Gasteiger partial charge in [0.2, 0.25) is 0 Å². The molecule has 30 heavy (non-hydrogen) atoms. The minimum atomic E-state index is -4.01. The Kier molecular flexibility index (Phi) is 5.63. The molecule has 0 aliphatic carbocycles. The number of carbonyl (C=O) groups is 1. The van der Waals surface area contributed by atoms with Crippen molar-refractivity contribution in [3.63, 3.8) is 0 Å². The first-order chi connectivity index (χ1) is 14.5. The molecule has 1 aliphatic rings. The van der Waals surface area contributed by atoms with Crippen molar-refractivity contribution in [2.75, 3.05) is 29.3 Å². The number of hydrogen-bond donors (Lipinski definition) is 1. The summed E-state index contributed by atoms with van der Waals surface area (Å²) in [6.07, 6.45) is 1.84. The van der Waals surface area contributed by atoms with Crippen molar-refractivity contribution in [2.45, 2.75) is 24.7 Å². The number of fused-ring (bicyclic) bond motifs is 2. The summed E-state index contributed by atoms with van der Waals surface area (Å²) >= 11 is 0. The minimum Gasteiger partial charge on any atom is -0.465 e. The van der Waals surface area contributed by atoms with Gasteiger partial charge in [0.25, 0.3) is 10.0 Å². The lowest BCUT2D eigenvalue weighted by atomic mass is 10.0. The van der Waals surface area contributed by atoms with Crippen molar-refractivity contribution < 1.29 is 17.9 Å². The smallest absolute Gasteiger partial charge is 0.326 e. The van der Waals surface area contributed by atoms with E-state index in [2.05, 4.69) is 5.32 Å². The molecule has 0 spiro atoms. The van der Waals surface area contributed by atoms with Gasteiger partial charge in [0.05, 0.1) is 17.2 Å². The predicted molar refractivity (Wildman–Crippen MR) is 118 cm³/mol. The number of carbonyl (C=O) groups excluding carboxylic acids is 1. The average Bonchev–Trinajstić information content (AvgIpc) is 2.77. The van der Waals surface area contributed by atoms with Crippen molar-refractivity contribution in [1.29, 1.82) is 0 Å². The summed E-state index contributed by atoms with van der Waals surface area (Å²) in [7, 11) is -4.01. The van der Waals surface area contributed by atoms with Gasteiger partial charge in [0, 0.05) is 17.6 Å². The van der Waals surface area contributed by atoms with E-state index in [1.54, 1.807) is 31.2 Å². The maximum absolute atomic E-state index is 13.8. The highest BCUT2D eigenvalue weighted by Gasteiger charge is 2.29. The van der Waals surface area contributed by atoms with Crippen LogP contribution in [0, 0.1) is 0 Å². The molecule has 0 saturated heterocycles. The predicted octanol–water partition coefficient (Wildman–Crippen LogP) is 3.96. The maximum atomic E-state index is 13.8. The van der Waals surface area contributed by atoms with E-state index in [0.29, 0.717) is 11.1 Å². The van der Waals surface area contributed by atoms with Crippen LogP contribution in [-0.4, -0.2) is 34.1 Å². The van der Waals surface area contributed by atoms with Crippen LogP contribution in [-0.2, 0) is 26.0 Å². The van der Waals surface area contributed by atoms with Gasteiger partial charge >= 0.3 is 5.97 Å². The molecule has 6 nitrogen and oxygen atoms in total. The third-order valence-corrected chi connectivity index (χ3v) is 7.04. The molecule has 1 aliphatic heterocycles. The summed E-state index contributed by atoms with van der Waals surface area (Å²) in [6, 6.07) is 17.9. The largest absolute Gasteiger partial charge is 0.465 e. The van der Waals surface area contributed by atoms with Gasteiger partial charge in [-0.05, 0) is 55.0 Å². The molecule has 0 atom stereocenters. The van der Waals surface area contributed by atoms with Crippen LogP contribution in [0.3, 0.4) is 0 Å². The Bertz CT molecular complexity index is 1190. The Morgan fingerprint density at radius 1 is 1.10 bits per heavy atom. The van der Waals surface area contributed by atoms with Gasteiger partial charge in [-0.1, -0.05) is 36.4 Å². The number of benzene rings is 3. The Morgan fingerprint density at radius 2 is 1.90 bits per heavy atom. The number of sulfonamides is 1. The number of hydrogen-bond acceptors (Lipinski definition) is 5. The molecule has 156 valence electrons. The van der Waals surface area contributed by atoms with Crippen LogP contribution >= 0.6 is 0 Å². The van der Waals surface area contributed by atoms with Crippen LogP contribution in [0.4, 0.5) is 11.4 Å². The van der Waals surface area contributed by atoms with E-state index in [1.165, 1.54) is 0 Å². The summed E-state index contributed by atoms with van der Waals surface area (Å²) in [5, 5.41) is 4.77. The molecule has 7 heteroatoms. The molecule has 0 radical (unpaired) electrons. The van der Waals surface area contributed by atoms with Crippen molar-refractivity contribution in [3.05, 3.63) is 66.2 Å².